The molecule has 0 aliphatic carbocycles. The van der Waals surface area contributed by atoms with Gasteiger partial charge >= 0.3 is 5.51 Å². The summed E-state index contributed by atoms with van der Waals surface area (Å²) < 4.78 is 63.8. The van der Waals surface area contributed by atoms with Gasteiger partial charge in [0, 0.05) is 5.69 Å². The van der Waals surface area contributed by atoms with E-state index in [0.717, 1.165) is 36.7 Å². The van der Waals surface area contributed by atoms with E-state index in [-0.39, 0.29) is 11.3 Å². The quantitative estimate of drug-likeness (QED) is 0.936. The van der Waals surface area contributed by atoms with E-state index in [2.05, 4.69) is 15.0 Å². The van der Waals surface area contributed by atoms with Crippen molar-refractivity contribution in [1.82, 2.24) is 5.16 Å². The molecule has 1 aromatic heterocycles. The summed E-state index contributed by atoms with van der Waals surface area (Å²) in [7, 11) is -5.40. The molecule has 0 unspecified atom stereocenters. The van der Waals surface area contributed by atoms with Crippen LogP contribution in [0.2, 0.25) is 0 Å². The molecule has 0 atom stereocenters. The smallest absolute Gasteiger partial charge is 0.364 e. The van der Waals surface area contributed by atoms with Crippen LogP contribution >= 0.6 is 0 Å². The largest absolute Gasteiger partial charge is 0.501 e. The van der Waals surface area contributed by atoms with Crippen LogP contribution in [0.15, 0.2) is 46.1 Å². The Morgan fingerprint density at radius 3 is 2.29 bits per heavy atom. The number of hydrogen-bond acceptors (Lipinski definition) is 5. The number of nitrogens with zero attached hydrogens (tertiary/aromatic N) is 1. The summed E-state index contributed by atoms with van der Waals surface area (Å²) in [5.74, 6) is -0.595. The van der Waals surface area contributed by atoms with Crippen LogP contribution in [0, 0.1) is 0 Å². The molecule has 21 heavy (non-hydrogen) atoms. The van der Waals surface area contributed by atoms with Crippen LogP contribution in [0.4, 0.5) is 18.9 Å². The zero-order chi connectivity index (χ0) is 15.7. The van der Waals surface area contributed by atoms with Crippen molar-refractivity contribution in [2.24, 2.45) is 0 Å². The van der Waals surface area contributed by atoms with Gasteiger partial charge in [-0.15, -0.1) is 0 Å². The number of carbonyl (C=O) groups is 1. The van der Waals surface area contributed by atoms with E-state index in [1.165, 1.54) is 0 Å². The van der Waals surface area contributed by atoms with E-state index >= 15 is 0 Å². The lowest BCUT2D eigenvalue weighted by Crippen LogP contribution is -2.23. The summed E-state index contributed by atoms with van der Waals surface area (Å²) in [6.07, 6.45) is 2.23. The van der Waals surface area contributed by atoms with Crippen molar-refractivity contribution in [3.8, 4) is 0 Å². The Morgan fingerprint density at radius 1 is 1.19 bits per heavy atom. The maximum absolute atomic E-state index is 12.3. The van der Waals surface area contributed by atoms with E-state index in [1.807, 2.05) is 0 Å². The molecular weight excluding hydrogens is 313 g/mol. The maximum atomic E-state index is 12.3. The summed E-state index contributed by atoms with van der Waals surface area (Å²) in [6.45, 7) is 0. The van der Waals surface area contributed by atoms with Gasteiger partial charge in [-0.2, -0.15) is 13.2 Å². The molecule has 0 spiro atoms. The standard InChI is InChI=1S/C11H7F3N2O4S/c12-11(13,14)21(18,19)9-3-1-8(2-4-9)16-10(17)7-5-15-20-6-7/h1-6H,(H,16,17). The van der Waals surface area contributed by atoms with Crippen LogP contribution in [-0.2, 0) is 9.84 Å². The van der Waals surface area contributed by atoms with E-state index < -0.39 is 26.1 Å². The molecule has 2 rings (SSSR count). The molecular formula is C11H7F3N2O4S. The topological polar surface area (TPSA) is 89.3 Å². The van der Waals surface area contributed by atoms with Gasteiger partial charge < -0.3 is 9.84 Å². The third-order valence-corrected chi connectivity index (χ3v) is 3.92. The van der Waals surface area contributed by atoms with Crippen molar-refractivity contribution in [3.05, 3.63) is 42.3 Å². The Bertz CT molecular complexity index is 737. The van der Waals surface area contributed by atoms with Gasteiger partial charge in [0.1, 0.15) is 6.26 Å². The zero-order valence-corrected chi connectivity index (χ0v) is 10.9. The molecule has 0 bridgehead atoms. The van der Waals surface area contributed by atoms with Crippen molar-refractivity contribution in [2.75, 3.05) is 5.32 Å². The summed E-state index contributed by atoms with van der Waals surface area (Å²) in [5.41, 5.74) is -5.13. The number of nitrogens with one attached hydrogen (secondary N) is 1. The van der Waals surface area contributed by atoms with Gasteiger partial charge in [-0.1, -0.05) is 5.16 Å². The van der Waals surface area contributed by atoms with E-state index in [0.29, 0.717) is 0 Å². The highest BCUT2D eigenvalue weighted by Gasteiger charge is 2.46. The molecule has 0 saturated carbocycles. The third-order valence-electron chi connectivity index (χ3n) is 2.42. The van der Waals surface area contributed by atoms with E-state index in [9.17, 15) is 26.4 Å². The van der Waals surface area contributed by atoms with Crippen LogP contribution in [0.3, 0.4) is 0 Å². The van der Waals surface area contributed by atoms with Crippen molar-refractivity contribution in [3.63, 3.8) is 0 Å². The fourth-order valence-electron chi connectivity index (χ4n) is 1.37. The molecule has 10 heteroatoms. The monoisotopic (exact) mass is 320 g/mol. The van der Waals surface area contributed by atoms with Gasteiger partial charge in [-0.25, -0.2) is 8.42 Å². The predicted molar refractivity (Wildman–Crippen MR) is 64.1 cm³/mol. The molecule has 6 nitrogen and oxygen atoms in total. The normalized spacial score (nSPS) is 12.1. The highest BCUT2D eigenvalue weighted by atomic mass is 32.2. The number of sulfone groups is 1. The van der Waals surface area contributed by atoms with Crippen molar-refractivity contribution in [1.29, 1.82) is 0 Å². The fraction of sp³-hybridized carbons (Fsp3) is 0.0909. The highest BCUT2D eigenvalue weighted by molar-refractivity contribution is 7.92. The minimum Gasteiger partial charge on any atom is -0.364 e. The van der Waals surface area contributed by atoms with Crippen LogP contribution in [0.25, 0.3) is 0 Å². The molecule has 0 aliphatic heterocycles. The summed E-state index contributed by atoms with van der Waals surface area (Å²) in [4.78, 5) is 10.7. The second-order valence-electron chi connectivity index (χ2n) is 3.84. The molecule has 1 amide bonds. The summed E-state index contributed by atoms with van der Waals surface area (Å²) >= 11 is 0. The molecule has 112 valence electrons. The van der Waals surface area contributed by atoms with Gasteiger partial charge in [0.2, 0.25) is 0 Å². The van der Waals surface area contributed by atoms with Gasteiger partial charge in [-0.05, 0) is 24.3 Å². The first-order valence-corrected chi connectivity index (χ1v) is 6.82. The van der Waals surface area contributed by atoms with Crippen LogP contribution in [-0.4, -0.2) is 25.0 Å². The Hall–Kier alpha value is -2.36. The zero-order valence-electron chi connectivity index (χ0n) is 10.1. The molecule has 0 aliphatic rings. The lowest BCUT2D eigenvalue weighted by atomic mass is 10.3. The molecule has 1 aromatic carbocycles. The molecule has 1 heterocycles. The number of anilines is 1. The number of halogens is 3. The minimum atomic E-state index is -5.40. The highest BCUT2D eigenvalue weighted by Crippen LogP contribution is 2.30. The number of rotatable bonds is 3. The molecule has 0 radical (unpaired) electrons. The molecule has 1 N–H and O–H groups in total. The third kappa shape index (κ3) is 3.05. The number of carbonyl (C=O) groups excluding carboxylic acids is 1. The average Bonchev–Trinajstić information content (AvgIpc) is 2.92. The first-order chi connectivity index (χ1) is 9.72. The number of amides is 1. The Kier molecular flexibility index (Phi) is 3.73. The second kappa shape index (κ2) is 5.20. The van der Waals surface area contributed by atoms with Gasteiger partial charge in [0.15, 0.2) is 0 Å². The Balaban J connectivity index is 2.19. The number of aromatic nitrogens is 1. The molecule has 2 aromatic rings. The van der Waals surface area contributed by atoms with Gasteiger partial charge in [-0.3, -0.25) is 4.79 Å². The average molecular weight is 320 g/mol. The Labute approximate surface area is 116 Å². The van der Waals surface area contributed by atoms with Crippen LogP contribution in [0.5, 0.6) is 0 Å². The Morgan fingerprint density at radius 2 is 1.81 bits per heavy atom. The number of hydrogen-bond donors (Lipinski definition) is 1. The van der Waals surface area contributed by atoms with E-state index in [4.69, 9.17) is 0 Å². The number of benzene rings is 1. The van der Waals surface area contributed by atoms with Crippen molar-refractivity contribution >= 4 is 21.4 Å². The first-order valence-electron chi connectivity index (χ1n) is 5.34. The lowest BCUT2D eigenvalue weighted by Gasteiger charge is -2.09. The van der Waals surface area contributed by atoms with Gasteiger partial charge in [0.25, 0.3) is 15.7 Å². The number of alkyl halides is 3. The van der Waals surface area contributed by atoms with Gasteiger partial charge in [0.05, 0.1) is 16.7 Å². The van der Waals surface area contributed by atoms with Crippen LogP contribution < -0.4 is 5.32 Å². The predicted octanol–water partition coefficient (Wildman–Crippen LogP) is 2.22. The van der Waals surface area contributed by atoms with E-state index in [1.54, 1.807) is 0 Å². The minimum absolute atomic E-state index is 0.113. The fourth-order valence-corrected chi connectivity index (χ4v) is 2.13. The van der Waals surface area contributed by atoms with Crippen molar-refractivity contribution in [2.45, 2.75) is 10.4 Å². The first kappa shape index (κ1) is 15.0. The van der Waals surface area contributed by atoms with Crippen molar-refractivity contribution < 1.29 is 30.9 Å². The molecule has 0 saturated heterocycles. The maximum Gasteiger partial charge on any atom is 0.501 e. The lowest BCUT2D eigenvalue weighted by molar-refractivity contribution is -0.0436. The summed E-state index contributed by atoms with van der Waals surface area (Å²) in [6, 6.07) is 3.60. The molecule has 0 fully saturated rings. The second-order valence-corrected chi connectivity index (χ2v) is 5.78. The van der Waals surface area contributed by atoms with Crippen LogP contribution in [0.1, 0.15) is 10.4 Å². The SMILES string of the molecule is O=C(Nc1ccc(S(=O)(=O)C(F)(F)F)cc1)c1cnoc1. The summed E-state index contributed by atoms with van der Waals surface area (Å²) in [5, 5.41) is 5.66.